The molecule has 0 aliphatic carbocycles. The summed E-state index contributed by atoms with van der Waals surface area (Å²) in [5.41, 5.74) is 2.29. The molecule has 1 atom stereocenters. The zero-order chi connectivity index (χ0) is 14.1. The molecule has 6 heteroatoms. The average Bonchev–Trinajstić information content (AvgIpc) is 3.04. The number of benzene rings is 1. The Morgan fingerprint density at radius 1 is 1.45 bits per heavy atom. The predicted molar refractivity (Wildman–Crippen MR) is 77.7 cm³/mol. The monoisotopic (exact) mass is 289 g/mol. The third-order valence-electron chi connectivity index (χ3n) is 3.25. The number of amides is 1. The zero-order valence-electron chi connectivity index (χ0n) is 11.3. The smallest absolute Gasteiger partial charge is 0.270 e. The molecule has 0 bridgehead atoms. The lowest BCUT2D eigenvalue weighted by atomic mass is 10.1. The molecule has 2 aromatic rings. The summed E-state index contributed by atoms with van der Waals surface area (Å²) in [6.07, 6.45) is 0. The second kappa shape index (κ2) is 5.30. The number of carbonyl (C=O) groups is 1. The van der Waals surface area contributed by atoms with E-state index in [0.29, 0.717) is 12.2 Å². The molecule has 0 radical (unpaired) electrons. The van der Waals surface area contributed by atoms with Gasteiger partial charge >= 0.3 is 0 Å². The Bertz CT molecular complexity index is 639. The molecule has 1 aliphatic rings. The lowest BCUT2D eigenvalue weighted by molar-refractivity contribution is 0.0950. The molecule has 1 aromatic carbocycles. The van der Waals surface area contributed by atoms with Crippen molar-refractivity contribution < 1.29 is 9.53 Å². The quantitative estimate of drug-likeness (QED) is 0.939. The summed E-state index contributed by atoms with van der Waals surface area (Å²) >= 11 is 1.54. The molecule has 1 N–H and O–H groups in total. The molecular weight excluding hydrogens is 274 g/mol. The lowest BCUT2D eigenvalue weighted by Gasteiger charge is -2.09. The second-order valence-electron chi connectivity index (χ2n) is 4.43. The Morgan fingerprint density at radius 3 is 2.85 bits per heavy atom. The average molecular weight is 289 g/mol. The highest BCUT2D eigenvalue weighted by Gasteiger charge is 2.31. The van der Waals surface area contributed by atoms with Gasteiger partial charge in [0.1, 0.15) is 16.8 Å². The summed E-state index contributed by atoms with van der Waals surface area (Å²) in [5, 5.41) is 3.52. The summed E-state index contributed by atoms with van der Waals surface area (Å²) in [6.45, 7) is 0.638. The highest BCUT2D eigenvalue weighted by atomic mass is 32.2. The van der Waals surface area contributed by atoms with Gasteiger partial charge in [0.25, 0.3) is 5.91 Å². The van der Waals surface area contributed by atoms with Crippen molar-refractivity contribution >= 4 is 17.7 Å². The van der Waals surface area contributed by atoms with E-state index in [-0.39, 0.29) is 11.3 Å². The fourth-order valence-electron chi connectivity index (χ4n) is 2.26. The first-order valence-corrected chi connectivity index (χ1v) is 7.20. The van der Waals surface area contributed by atoms with Gasteiger partial charge in [-0.2, -0.15) is 0 Å². The minimum Gasteiger partial charge on any atom is -0.368 e. The van der Waals surface area contributed by atoms with Crippen LogP contribution in [0.1, 0.15) is 10.5 Å². The Morgan fingerprint density at radius 2 is 2.20 bits per heavy atom. The lowest BCUT2D eigenvalue weighted by Crippen LogP contribution is -2.23. The maximum Gasteiger partial charge on any atom is 0.270 e. The normalized spacial score (nSPS) is 17.0. The number of imidazole rings is 1. The van der Waals surface area contributed by atoms with E-state index in [4.69, 9.17) is 4.74 Å². The highest BCUT2D eigenvalue weighted by molar-refractivity contribution is 7.99. The predicted octanol–water partition coefficient (Wildman–Crippen LogP) is 1.99. The van der Waals surface area contributed by atoms with Crippen molar-refractivity contribution in [2.75, 3.05) is 14.2 Å². The molecule has 1 aliphatic heterocycles. The number of thioether (sulfide) groups is 1. The van der Waals surface area contributed by atoms with Crippen LogP contribution in [0.3, 0.4) is 0 Å². The number of nitrogens with one attached hydrogen (secondary N) is 1. The number of hydrogen-bond donors (Lipinski definition) is 1. The van der Waals surface area contributed by atoms with Crippen LogP contribution < -0.4 is 5.32 Å². The second-order valence-corrected chi connectivity index (χ2v) is 5.56. The van der Waals surface area contributed by atoms with Crippen LogP contribution in [0.15, 0.2) is 35.5 Å². The first-order chi connectivity index (χ1) is 9.74. The maximum atomic E-state index is 12.2. The standard InChI is InChI=1S/C14H15N3O2S/c1-15-13(18)12-11(9-6-4-3-5-7-9)16-14-17(12)8-10(19-2)20-14/h3-7,10H,8H2,1-2H3,(H,15,18). The van der Waals surface area contributed by atoms with Gasteiger partial charge in [-0.25, -0.2) is 4.98 Å². The number of rotatable bonds is 3. The molecule has 0 fully saturated rings. The van der Waals surface area contributed by atoms with Crippen molar-refractivity contribution in [3.63, 3.8) is 0 Å². The summed E-state index contributed by atoms with van der Waals surface area (Å²) in [6, 6.07) is 9.76. The molecule has 20 heavy (non-hydrogen) atoms. The summed E-state index contributed by atoms with van der Waals surface area (Å²) in [4.78, 5) is 16.8. The molecule has 1 amide bonds. The molecule has 0 spiro atoms. The molecule has 0 saturated carbocycles. The van der Waals surface area contributed by atoms with Crippen LogP contribution in [0.4, 0.5) is 0 Å². The van der Waals surface area contributed by atoms with Gasteiger partial charge in [-0.15, -0.1) is 0 Å². The van der Waals surface area contributed by atoms with Crippen molar-refractivity contribution in [1.29, 1.82) is 0 Å². The van der Waals surface area contributed by atoms with Crippen molar-refractivity contribution in [3.05, 3.63) is 36.0 Å². The van der Waals surface area contributed by atoms with E-state index in [1.807, 2.05) is 34.9 Å². The molecule has 3 rings (SSSR count). The molecule has 1 unspecified atom stereocenters. The van der Waals surface area contributed by atoms with Gasteiger partial charge in [-0.1, -0.05) is 42.1 Å². The number of fused-ring (bicyclic) bond motifs is 1. The topological polar surface area (TPSA) is 56.2 Å². The first kappa shape index (κ1) is 13.2. The number of methoxy groups -OCH3 is 1. The van der Waals surface area contributed by atoms with Gasteiger partial charge in [0, 0.05) is 19.7 Å². The van der Waals surface area contributed by atoms with Gasteiger partial charge in [0.05, 0.1) is 6.54 Å². The van der Waals surface area contributed by atoms with Crippen LogP contribution >= 0.6 is 11.8 Å². The van der Waals surface area contributed by atoms with Crippen molar-refractivity contribution in [2.45, 2.75) is 17.1 Å². The summed E-state index contributed by atoms with van der Waals surface area (Å²) in [7, 11) is 3.30. The molecule has 2 heterocycles. The Balaban J connectivity index is 2.11. The molecular formula is C14H15N3O2S. The Kier molecular flexibility index (Phi) is 3.50. The molecule has 104 valence electrons. The number of carbonyl (C=O) groups excluding carboxylic acids is 1. The van der Waals surface area contributed by atoms with E-state index in [2.05, 4.69) is 10.3 Å². The number of hydrogen-bond acceptors (Lipinski definition) is 4. The SMILES string of the molecule is CNC(=O)c1c(-c2ccccc2)nc2n1CC(OC)S2. The molecule has 1 aromatic heterocycles. The fourth-order valence-corrected chi connectivity index (χ4v) is 3.26. The third kappa shape index (κ3) is 2.10. The van der Waals surface area contributed by atoms with Crippen molar-refractivity contribution in [2.24, 2.45) is 0 Å². The van der Waals surface area contributed by atoms with Crippen LogP contribution in [0, 0.1) is 0 Å². The third-order valence-corrected chi connectivity index (χ3v) is 4.38. The van der Waals surface area contributed by atoms with Crippen molar-refractivity contribution in [3.8, 4) is 11.3 Å². The van der Waals surface area contributed by atoms with Crippen LogP contribution in [0.5, 0.6) is 0 Å². The van der Waals surface area contributed by atoms with E-state index >= 15 is 0 Å². The maximum absolute atomic E-state index is 12.2. The fraction of sp³-hybridized carbons (Fsp3) is 0.286. The van der Waals surface area contributed by atoms with Gasteiger partial charge in [0.15, 0.2) is 5.16 Å². The largest absolute Gasteiger partial charge is 0.368 e. The van der Waals surface area contributed by atoms with Crippen LogP contribution in [-0.2, 0) is 11.3 Å². The Hall–Kier alpha value is -1.79. The molecule has 0 saturated heterocycles. The number of aromatic nitrogens is 2. The van der Waals surface area contributed by atoms with E-state index < -0.39 is 0 Å². The zero-order valence-corrected chi connectivity index (χ0v) is 12.1. The van der Waals surface area contributed by atoms with Gasteiger partial charge < -0.3 is 14.6 Å². The molecule has 5 nitrogen and oxygen atoms in total. The van der Waals surface area contributed by atoms with Crippen LogP contribution in [-0.4, -0.2) is 35.1 Å². The Labute approximate surface area is 121 Å². The van der Waals surface area contributed by atoms with E-state index in [9.17, 15) is 4.79 Å². The van der Waals surface area contributed by atoms with Crippen LogP contribution in [0.2, 0.25) is 0 Å². The van der Waals surface area contributed by atoms with E-state index in [1.165, 1.54) is 0 Å². The number of ether oxygens (including phenoxy) is 1. The number of nitrogens with zero attached hydrogens (tertiary/aromatic N) is 2. The van der Waals surface area contributed by atoms with E-state index in [1.54, 1.807) is 25.9 Å². The van der Waals surface area contributed by atoms with Gasteiger partial charge in [-0.3, -0.25) is 4.79 Å². The van der Waals surface area contributed by atoms with Gasteiger partial charge in [0.2, 0.25) is 0 Å². The van der Waals surface area contributed by atoms with Gasteiger partial charge in [-0.05, 0) is 0 Å². The first-order valence-electron chi connectivity index (χ1n) is 6.32. The minimum atomic E-state index is -0.125. The van der Waals surface area contributed by atoms with E-state index in [0.717, 1.165) is 16.4 Å². The summed E-state index contributed by atoms with van der Waals surface area (Å²) in [5.74, 6) is -0.125. The highest BCUT2D eigenvalue weighted by Crippen LogP contribution is 2.37. The minimum absolute atomic E-state index is 0.0192. The summed E-state index contributed by atoms with van der Waals surface area (Å²) < 4.78 is 7.27. The van der Waals surface area contributed by atoms with Crippen LogP contribution in [0.25, 0.3) is 11.3 Å². The van der Waals surface area contributed by atoms with Crippen molar-refractivity contribution in [1.82, 2.24) is 14.9 Å².